The standard InChI is InChI=1S/C17H22N4O2/c1-4-15-14(9-19-21(15)16-7-5-6-8-18-16)17(22)20-10-12(2)23-13(3)11-20/h5-9,12-13H,4,10-11H2,1-3H3/t12-,13-/m0/s1. The fourth-order valence-corrected chi connectivity index (χ4v) is 3.08. The maximum absolute atomic E-state index is 12.9. The third-order valence-corrected chi connectivity index (χ3v) is 4.01. The Balaban J connectivity index is 1.91. The monoisotopic (exact) mass is 314 g/mol. The molecule has 0 spiro atoms. The van der Waals surface area contributed by atoms with Crippen molar-refractivity contribution >= 4 is 5.91 Å². The predicted molar refractivity (Wildman–Crippen MR) is 86.6 cm³/mol. The molecule has 3 heterocycles. The predicted octanol–water partition coefficient (Wildman–Crippen LogP) is 2.08. The molecule has 1 fully saturated rings. The summed E-state index contributed by atoms with van der Waals surface area (Å²) in [6, 6.07) is 5.66. The SMILES string of the molecule is CCc1c(C(=O)N2C[C@H](C)O[C@@H](C)C2)cnn1-c1ccccn1. The number of aromatic nitrogens is 3. The molecule has 1 aliphatic rings. The number of amides is 1. The number of hydrogen-bond acceptors (Lipinski definition) is 4. The molecule has 1 aliphatic heterocycles. The van der Waals surface area contributed by atoms with Crippen LogP contribution in [-0.4, -0.2) is 50.9 Å². The summed E-state index contributed by atoms with van der Waals surface area (Å²) >= 11 is 0. The third-order valence-electron chi connectivity index (χ3n) is 4.01. The van der Waals surface area contributed by atoms with Gasteiger partial charge in [-0.05, 0) is 32.4 Å². The molecule has 0 radical (unpaired) electrons. The molecule has 1 amide bonds. The van der Waals surface area contributed by atoms with Gasteiger partial charge in [0.25, 0.3) is 5.91 Å². The first kappa shape index (κ1) is 15.7. The summed E-state index contributed by atoms with van der Waals surface area (Å²) in [5, 5.41) is 4.39. The lowest BCUT2D eigenvalue weighted by Gasteiger charge is -2.35. The minimum absolute atomic E-state index is 0.0195. The Morgan fingerprint density at radius 3 is 2.65 bits per heavy atom. The van der Waals surface area contributed by atoms with Crippen LogP contribution < -0.4 is 0 Å². The quantitative estimate of drug-likeness (QED) is 0.870. The maximum atomic E-state index is 12.9. The Morgan fingerprint density at radius 2 is 2.04 bits per heavy atom. The Labute approximate surface area is 136 Å². The Bertz CT molecular complexity index is 673. The number of nitrogens with zero attached hydrogens (tertiary/aromatic N) is 4. The summed E-state index contributed by atoms with van der Waals surface area (Å²) in [4.78, 5) is 19.1. The minimum atomic E-state index is 0.0195. The van der Waals surface area contributed by atoms with E-state index in [0.717, 1.165) is 11.5 Å². The molecular weight excluding hydrogens is 292 g/mol. The minimum Gasteiger partial charge on any atom is -0.372 e. The second-order valence-electron chi connectivity index (χ2n) is 5.93. The van der Waals surface area contributed by atoms with Crippen LogP contribution in [0.2, 0.25) is 0 Å². The van der Waals surface area contributed by atoms with Crippen LogP contribution >= 0.6 is 0 Å². The molecule has 0 aromatic carbocycles. The van der Waals surface area contributed by atoms with Gasteiger partial charge in [-0.1, -0.05) is 13.0 Å². The van der Waals surface area contributed by atoms with Gasteiger partial charge in [0.05, 0.1) is 29.7 Å². The molecule has 2 aromatic rings. The lowest BCUT2D eigenvalue weighted by atomic mass is 10.1. The highest BCUT2D eigenvalue weighted by molar-refractivity contribution is 5.95. The first-order valence-corrected chi connectivity index (χ1v) is 8.03. The molecule has 0 bridgehead atoms. The summed E-state index contributed by atoms with van der Waals surface area (Å²) in [6.45, 7) is 7.24. The van der Waals surface area contributed by atoms with Gasteiger partial charge in [0.15, 0.2) is 5.82 Å². The van der Waals surface area contributed by atoms with Gasteiger partial charge in [0, 0.05) is 19.3 Å². The van der Waals surface area contributed by atoms with E-state index in [1.807, 2.05) is 43.9 Å². The lowest BCUT2D eigenvalue weighted by Crippen LogP contribution is -2.48. The highest BCUT2D eigenvalue weighted by Gasteiger charge is 2.29. The van der Waals surface area contributed by atoms with E-state index >= 15 is 0 Å². The zero-order chi connectivity index (χ0) is 16.4. The average Bonchev–Trinajstić information content (AvgIpc) is 2.98. The molecule has 6 heteroatoms. The summed E-state index contributed by atoms with van der Waals surface area (Å²) in [5.74, 6) is 0.748. The van der Waals surface area contributed by atoms with Crippen molar-refractivity contribution in [2.75, 3.05) is 13.1 Å². The van der Waals surface area contributed by atoms with E-state index < -0.39 is 0 Å². The van der Waals surface area contributed by atoms with Crippen LogP contribution in [0.1, 0.15) is 36.8 Å². The largest absolute Gasteiger partial charge is 0.372 e. The third kappa shape index (κ3) is 3.12. The van der Waals surface area contributed by atoms with Crippen LogP contribution in [0.25, 0.3) is 5.82 Å². The Morgan fingerprint density at radius 1 is 1.30 bits per heavy atom. The molecular formula is C17H22N4O2. The number of morpholine rings is 1. The van der Waals surface area contributed by atoms with E-state index in [9.17, 15) is 4.79 Å². The molecule has 0 saturated carbocycles. The van der Waals surface area contributed by atoms with Crippen LogP contribution in [0.4, 0.5) is 0 Å². The molecule has 2 aromatic heterocycles. The molecule has 3 rings (SSSR count). The average molecular weight is 314 g/mol. The van der Waals surface area contributed by atoms with Crippen molar-refractivity contribution in [2.45, 2.75) is 39.4 Å². The van der Waals surface area contributed by atoms with Gasteiger partial charge in [-0.25, -0.2) is 9.67 Å². The first-order chi connectivity index (χ1) is 11.1. The smallest absolute Gasteiger partial charge is 0.257 e. The summed E-state index contributed by atoms with van der Waals surface area (Å²) in [7, 11) is 0. The highest BCUT2D eigenvalue weighted by atomic mass is 16.5. The summed E-state index contributed by atoms with van der Waals surface area (Å²) in [5.41, 5.74) is 1.54. The molecule has 0 N–H and O–H groups in total. The van der Waals surface area contributed by atoms with Crippen LogP contribution in [0, 0.1) is 0 Å². The van der Waals surface area contributed by atoms with Crippen molar-refractivity contribution in [3.8, 4) is 5.82 Å². The van der Waals surface area contributed by atoms with Crippen molar-refractivity contribution in [1.29, 1.82) is 0 Å². The number of ether oxygens (including phenoxy) is 1. The van der Waals surface area contributed by atoms with Gasteiger partial charge in [0.2, 0.25) is 0 Å². The fourth-order valence-electron chi connectivity index (χ4n) is 3.08. The van der Waals surface area contributed by atoms with Crippen molar-refractivity contribution < 1.29 is 9.53 Å². The summed E-state index contributed by atoms with van der Waals surface area (Å²) in [6.07, 6.45) is 4.20. The van der Waals surface area contributed by atoms with Gasteiger partial charge >= 0.3 is 0 Å². The second-order valence-corrected chi connectivity index (χ2v) is 5.93. The van der Waals surface area contributed by atoms with Gasteiger partial charge in [0.1, 0.15) is 0 Å². The van der Waals surface area contributed by atoms with E-state index in [4.69, 9.17) is 4.74 Å². The van der Waals surface area contributed by atoms with E-state index in [-0.39, 0.29) is 18.1 Å². The van der Waals surface area contributed by atoms with Crippen LogP contribution in [-0.2, 0) is 11.2 Å². The zero-order valence-electron chi connectivity index (χ0n) is 13.8. The number of hydrogen-bond donors (Lipinski definition) is 0. The van der Waals surface area contributed by atoms with E-state index in [0.29, 0.717) is 25.1 Å². The molecule has 0 aliphatic carbocycles. The first-order valence-electron chi connectivity index (χ1n) is 8.03. The van der Waals surface area contributed by atoms with Crippen LogP contribution in [0.15, 0.2) is 30.6 Å². The number of rotatable bonds is 3. The van der Waals surface area contributed by atoms with E-state index in [1.165, 1.54) is 0 Å². The molecule has 122 valence electrons. The summed E-state index contributed by atoms with van der Waals surface area (Å²) < 4.78 is 7.46. The van der Waals surface area contributed by atoms with Crippen molar-refractivity contribution in [2.24, 2.45) is 0 Å². The topological polar surface area (TPSA) is 60.3 Å². The molecule has 0 unspecified atom stereocenters. The molecule has 1 saturated heterocycles. The van der Waals surface area contributed by atoms with E-state index in [2.05, 4.69) is 10.1 Å². The fraction of sp³-hybridized carbons (Fsp3) is 0.471. The molecule has 2 atom stereocenters. The van der Waals surface area contributed by atoms with E-state index in [1.54, 1.807) is 17.1 Å². The van der Waals surface area contributed by atoms with Gasteiger partial charge in [-0.3, -0.25) is 4.79 Å². The highest BCUT2D eigenvalue weighted by Crippen LogP contribution is 2.19. The maximum Gasteiger partial charge on any atom is 0.257 e. The number of pyridine rings is 1. The Hall–Kier alpha value is -2.21. The number of carbonyl (C=O) groups excluding carboxylic acids is 1. The van der Waals surface area contributed by atoms with Crippen molar-refractivity contribution in [3.63, 3.8) is 0 Å². The molecule has 6 nitrogen and oxygen atoms in total. The van der Waals surface area contributed by atoms with Crippen molar-refractivity contribution in [3.05, 3.63) is 41.9 Å². The zero-order valence-corrected chi connectivity index (χ0v) is 13.8. The number of carbonyl (C=O) groups is 1. The second kappa shape index (κ2) is 6.50. The van der Waals surface area contributed by atoms with Crippen LogP contribution in [0.3, 0.4) is 0 Å². The van der Waals surface area contributed by atoms with Gasteiger partial charge in [-0.2, -0.15) is 5.10 Å². The van der Waals surface area contributed by atoms with Gasteiger partial charge in [-0.15, -0.1) is 0 Å². The van der Waals surface area contributed by atoms with Crippen LogP contribution in [0.5, 0.6) is 0 Å². The van der Waals surface area contributed by atoms with Gasteiger partial charge < -0.3 is 9.64 Å². The molecule has 23 heavy (non-hydrogen) atoms. The van der Waals surface area contributed by atoms with Crippen molar-refractivity contribution in [1.82, 2.24) is 19.7 Å². The normalized spacial score (nSPS) is 21.4. The lowest BCUT2D eigenvalue weighted by molar-refractivity contribution is -0.0586. The Kier molecular flexibility index (Phi) is 4.43.